The van der Waals surface area contributed by atoms with Crippen LogP contribution in [-0.4, -0.2) is 28.7 Å². The highest BCUT2D eigenvalue weighted by atomic mass is 16.6. The highest BCUT2D eigenvalue weighted by Gasteiger charge is 2.20. The maximum Gasteiger partial charge on any atom is 0.270 e. The first kappa shape index (κ1) is 20.2. The average Bonchev–Trinajstić information content (AvgIpc) is 3.16. The number of hydrogen-bond donors (Lipinski definition) is 0. The van der Waals surface area contributed by atoms with Crippen LogP contribution in [0.3, 0.4) is 0 Å². The van der Waals surface area contributed by atoms with Crippen molar-refractivity contribution in [3.8, 4) is 45.4 Å². The van der Waals surface area contributed by atoms with E-state index in [0.29, 0.717) is 11.4 Å². The molecule has 0 bridgehead atoms. The topological polar surface area (TPSA) is 79.4 Å². The number of ether oxygens (including phenoxy) is 2. The van der Waals surface area contributed by atoms with Crippen LogP contribution < -0.4 is 9.47 Å². The molecule has 0 spiro atoms. The van der Waals surface area contributed by atoms with Crippen LogP contribution in [0.5, 0.6) is 11.5 Å². The number of non-ortho nitro benzene ring substituents is 1. The van der Waals surface area contributed by atoms with Crippen molar-refractivity contribution >= 4 is 5.69 Å². The minimum atomic E-state index is -0.402. The van der Waals surface area contributed by atoms with E-state index in [1.165, 1.54) is 12.1 Å². The molecular formula is C24H21N3O4. The first-order chi connectivity index (χ1) is 15.0. The van der Waals surface area contributed by atoms with Gasteiger partial charge in [0, 0.05) is 35.9 Å². The summed E-state index contributed by atoms with van der Waals surface area (Å²) in [4.78, 5) is 15.8. The standard InChI is InChI=1S/C24H21N3O4/c1-26-23(17-9-13-21(31-3)14-10-17)22(16-7-11-20(30-2)12-8-16)25-24(26)18-5-4-6-19(15-18)27(28)29/h4-15H,1-3H3. The van der Waals surface area contributed by atoms with E-state index < -0.39 is 4.92 Å². The Morgan fingerprint density at radius 2 is 1.42 bits per heavy atom. The molecule has 3 aromatic carbocycles. The van der Waals surface area contributed by atoms with Crippen LogP contribution in [0.2, 0.25) is 0 Å². The summed E-state index contributed by atoms with van der Waals surface area (Å²) in [6.07, 6.45) is 0. The molecule has 0 amide bonds. The second kappa shape index (κ2) is 8.31. The van der Waals surface area contributed by atoms with Crippen LogP contribution in [0, 0.1) is 10.1 Å². The van der Waals surface area contributed by atoms with Crippen molar-refractivity contribution in [1.29, 1.82) is 0 Å². The zero-order valence-electron chi connectivity index (χ0n) is 17.4. The molecule has 0 aliphatic heterocycles. The number of nitrogens with zero attached hydrogens (tertiary/aromatic N) is 3. The summed E-state index contributed by atoms with van der Waals surface area (Å²) in [7, 11) is 5.16. The predicted octanol–water partition coefficient (Wildman–Crippen LogP) is 5.35. The lowest BCUT2D eigenvalue weighted by Crippen LogP contribution is -1.97. The maximum absolute atomic E-state index is 11.3. The summed E-state index contributed by atoms with van der Waals surface area (Å²) in [5, 5.41) is 11.3. The zero-order valence-corrected chi connectivity index (χ0v) is 17.4. The van der Waals surface area contributed by atoms with Crippen molar-refractivity contribution in [2.45, 2.75) is 0 Å². The van der Waals surface area contributed by atoms with E-state index in [1.54, 1.807) is 20.3 Å². The van der Waals surface area contributed by atoms with Crippen LogP contribution >= 0.6 is 0 Å². The number of benzene rings is 3. The van der Waals surface area contributed by atoms with Gasteiger partial charge in [-0.1, -0.05) is 12.1 Å². The summed E-state index contributed by atoms with van der Waals surface area (Å²) in [5.41, 5.74) is 4.24. The minimum absolute atomic E-state index is 0.0255. The Morgan fingerprint density at radius 1 is 0.839 bits per heavy atom. The monoisotopic (exact) mass is 415 g/mol. The van der Waals surface area contributed by atoms with Crippen LogP contribution in [0.15, 0.2) is 72.8 Å². The Hall–Kier alpha value is -4.13. The van der Waals surface area contributed by atoms with Crippen LogP contribution in [0.4, 0.5) is 5.69 Å². The van der Waals surface area contributed by atoms with Gasteiger partial charge in [0.05, 0.1) is 30.5 Å². The number of imidazole rings is 1. The second-order valence-corrected chi connectivity index (χ2v) is 6.96. The van der Waals surface area contributed by atoms with E-state index in [9.17, 15) is 10.1 Å². The fraction of sp³-hybridized carbons (Fsp3) is 0.125. The molecule has 4 rings (SSSR count). The molecule has 31 heavy (non-hydrogen) atoms. The highest BCUT2D eigenvalue weighted by molar-refractivity contribution is 5.82. The third-order valence-electron chi connectivity index (χ3n) is 5.14. The molecule has 0 fully saturated rings. The van der Waals surface area contributed by atoms with Gasteiger partial charge in [-0.05, 0) is 48.5 Å². The Balaban J connectivity index is 1.92. The van der Waals surface area contributed by atoms with Crippen molar-refractivity contribution in [2.24, 2.45) is 7.05 Å². The average molecular weight is 415 g/mol. The van der Waals surface area contributed by atoms with Crippen molar-refractivity contribution in [3.63, 3.8) is 0 Å². The van der Waals surface area contributed by atoms with Gasteiger partial charge in [0.15, 0.2) is 0 Å². The largest absolute Gasteiger partial charge is 0.497 e. The van der Waals surface area contributed by atoms with Crippen LogP contribution in [-0.2, 0) is 7.05 Å². The van der Waals surface area contributed by atoms with Gasteiger partial charge in [0.1, 0.15) is 17.3 Å². The third-order valence-corrected chi connectivity index (χ3v) is 5.14. The van der Waals surface area contributed by atoms with Gasteiger partial charge in [-0.2, -0.15) is 0 Å². The number of methoxy groups -OCH3 is 2. The van der Waals surface area contributed by atoms with Crippen LogP contribution in [0.25, 0.3) is 33.9 Å². The van der Waals surface area contributed by atoms with Gasteiger partial charge in [-0.15, -0.1) is 0 Å². The van der Waals surface area contributed by atoms with E-state index in [2.05, 4.69) is 0 Å². The molecule has 1 heterocycles. The van der Waals surface area contributed by atoms with Crippen molar-refractivity contribution in [1.82, 2.24) is 9.55 Å². The van der Waals surface area contributed by atoms with Gasteiger partial charge in [-0.25, -0.2) is 4.98 Å². The number of nitro groups is 1. The first-order valence-corrected chi connectivity index (χ1v) is 9.62. The van der Waals surface area contributed by atoms with E-state index in [0.717, 1.165) is 34.0 Å². The fourth-order valence-electron chi connectivity index (χ4n) is 3.54. The molecule has 0 saturated heterocycles. The first-order valence-electron chi connectivity index (χ1n) is 9.62. The summed E-state index contributed by atoms with van der Waals surface area (Å²) in [6.45, 7) is 0. The highest BCUT2D eigenvalue weighted by Crippen LogP contribution is 2.37. The molecule has 0 saturated carbocycles. The second-order valence-electron chi connectivity index (χ2n) is 6.96. The zero-order chi connectivity index (χ0) is 22.0. The van der Waals surface area contributed by atoms with Crippen molar-refractivity contribution in [3.05, 3.63) is 82.9 Å². The number of hydrogen-bond acceptors (Lipinski definition) is 5. The molecule has 7 nitrogen and oxygen atoms in total. The molecule has 0 aliphatic rings. The molecule has 1 aromatic heterocycles. The Labute approximate surface area is 179 Å². The van der Waals surface area contributed by atoms with E-state index >= 15 is 0 Å². The van der Waals surface area contributed by atoms with Gasteiger partial charge in [0.2, 0.25) is 0 Å². The molecule has 0 unspecified atom stereocenters. The normalized spacial score (nSPS) is 10.7. The summed E-state index contributed by atoms with van der Waals surface area (Å²) >= 11 is 0. The number of nitro benzene ring substituents is 1. The molecular weight excluding hydrogens is 394 g/mol. The van der Waals surface area contributed by atoms with Crippen LogP contribution in [0.1, 0.15) is 0 Å². The lowest BCUT2D eigenvalue weighted by molar-refractivity contribution is -0.384. The summed E-state index contributed by atoms with van der Waals surface area (Å²) < 4.78 is 12.5. The molecule has 4 aromatic rings. The Bertz CT molecular complexity index is 1230. The van der Waals surface area contributed by atoms with E-state index in [-0.39, 0.29) is 5.69 Å². The molecule has 0 radical (unpaired) electrons. The lowest BCUT2D eigenvalue weighted by atomic mass is 10.0. The number of rotatable bonds is 6. The van der Waals surface area contributed by atoms with Gasteiger partial charge < -0.3 is 14.0 Å². The Kier molecular flexibility index (Phi) is 5.41. The van der Waals surface area contributed by atoms with Gasteiger partial charge in [-0.3, -0.25) is 10.1 Å². The lowest BCUT2D eigenvalue weighted by Gasteiger charge is -2.09. The molecule has 0 atom stereocenters. The smallest absolute Gasteiger partial charge is 0.270 e. The summed E-state index contributed by atoms with van der Waals surface area (Å²) in [5.74, 6) is 2.15. The molecule has 0 aliphatic carbocycles. The van der Waals surface area contributed by atoms with Crippen molar-refractivity contribution in [2.75, 3.05) is 14.2 Å². The SMILES string of the molecule is COc1ccc(-c2nc(-c3cccc([N+](=O)[O-])c3)n(C)c2-c2ccc(OC)cc2)cc1. The fourth-order valence-corrected chi connectivity index (χ4v) is 3.54. The molecule has 156 valence electrons. The predicted molar refractivity (Wildman–Crippen MR) is 119 cm³/mol. The van der Waals surface area contributed by atoms with Crippen molar-refractivity contribution < 1.29 is 14.4 Å². The van der Waals surface area contributed by atoms with Gasteiger partial charge in [0.25, 0.3) is 5.69 Å². The number of aromatic nitrogens is 2. The Morgan fingerprint density at radius 3 is 1.97 bits per heavy atom. The molecule has 0 N–H and O–H groups in total. The van der Waals surface area contributed by atoms with E-state index in [4.69, 9.17) is 14.5 Å². The maximum atomic E-state index is 11.3. The minimum Gasteiger partial charge on any atom is -0.497 e. The quantitative estimate of drug-likeness (QED) is 0.313. The summed E-state index contributed by atoms with van der Waals surface area (Å²) in [6, 6.07) is 21.9. The van der Waals surface area contributed by atoms with E-state index in [1.807, 2.05) is 66.2 Å². The third kappa shape index (κ3) is 3.85. The van der Waals surface area contributed by atoms with Gasteiger partial charge >= 0.3 is 0 Å². The molecule has 7 heteroatoms.